The molecule has 5 heteroatoms. The molecule has 0 bridgehead atoms. The van der Waals surface area contributed by atoms with Gasteiger partial charge in [-0.2, -0.15) is 14.6 Å². The van der Waals surface area contributed by atoms with E-state index in [1.807, 2.05) is 17.6 Å². The van der Waals surface area contributed by atoms with Crippen molar-refractivity contribution in [3.8, 4) is 0 Å². The summed E-state index contributed by atoms with van der Waals surface area (Å²) in [5, 5.41) is 8.25. The maximum atomic E-state index is 4.79. The van der Waals surface area contributed by atoms with E-state index in [0.717, 1.165) is 34.9 Å². The van der Waals surface area contributed by atoms with Crippen LogP contribution in [0, 0.1) is 39.5 Å². The molecule has 1 aromatic carbocycles. The number of rotatable bonds is 5. The molecule has 2 aromatic heterocycles. The first-order valence-corrected chi connectivity index (χ1v) is 10.1. The van der Waals surface area contributed by atoms with Crippen LogP contribution in [0.25, 0.3) is 5.65 Å². The van der Waals surface area contributed by atoms with Gasteiger partial charge in [-0.25, -0.2) is 4.98 Å². The molecular weight excluding hydrogens is 334 g/mol. The molecule has 0 saturated heterocycles. The number of fused-ring (bicyclic) bond motifs is 1. The third kappa shape index (κ3) is 2.99. The first kappa shape index (κ1) is 16.7. The van der Waals surface area contributed by atoms with Crippen LogP contribution in [0.5, 0.6) is 0 Å². The van der Waals surface area contributed by atoms with Gasteiger partial charge in [-0.05, 0) is 82.3 Å². The normalized spacial score (nSPS) is 17.1. The summed E-state index contributed by atoms with van der Waals surface area (Å²) >= 11 is 0. The van der Waals surface area contributed by atoms with E-state index in [2.05, 4.69) is 43.2 Å². The Morgan fingerprint density at radius 1 is 0.963 bits per heavy atom. The fourth-order valence-corrected chi connectivity index (χ4v) is 4.61. The highest BCUT2D eigenvalue weighted by Crippen LogP contribution is 2.55. The Morgan fingerprint density at radius 2 is 1.59 bits per heavy atom. The van der Waals surface area contributed by atoms with Crippen molar-refractivity contribution >= 4 is 17.3 Å². The number of nitrogens with zero attached hydrogens (tertiary/aromatic N) is 4. The first-order valence-electron chi connectivity index (χ1n) is 10.1. The predicted molar refractivity (Wildman–Crippen MR) is 108 cm³/mol. The summed E-state index contributed by atoms with van der Waals surface area (Å²) in [4.78, 5) is 9.46. The van der Waals surface area contributed by atoms with Gasteiger partial charge in [0.1, 0.15) is 5.82 Å². The molecule has 0 aliphatic heterocycles. The molecule has 0 atom stereocenters. The van der Waals surface area contributed by atoms with Gasteiger partial charge < -0.3 is 5.32 Å². The van der Waals surface area contributed by atoms with E-state index in [4.69, 9.17) is 10.1 Å². The van der Waals surface area contributed by atoms with Gasteiger partial charge in [0, 0.05) is 11.3 Å². The molecule has 140 valence electrons. The first-order chi connectivity index (χ1) is 13.0. The number of benzene rings is 1. The van der Waals surface area contributed by atoms with E-state index in [1.54, 1.807) is 0 Å². The Balaban J connectivity index is 1.60. The third-order valence-electron chi connectivity index (χ3n) is 6.04. The summed E-state index contributed by atoms with van der Waals surface area (Å²) in [5.74, 6) is 3.84. The zero-order valence-corrected chi connectivity index (χ0v) is 16.6. The summed E-state index contributed by atoms with van der Waals surface area (Å²) in [7, 11) is 0. The quantitative estimate of drug-likeness (QED) is 0.694. The van der Waals surface area contributed by atoms with Crippen LogP contribution < -0.4 is 5.32 Å². The van der Waals surface area contributed by atoms with Crippen LogP contribution in [0.1, 0.15) is 59.7 Å². The maximum absolute atomic E-state index is 4.79. The Labute approximate surface area is 160 Å². The van der Waals surface area contributed by atoms with E-state index in [1.165, 1.54) is 47.9 Å². The highest BCUT2D eigenvalue weighted by atomic mass is 15.3. The predicted octanol–water partition coefficient (Wildman–Crippen LogP) is 5.01. The molecule has 5 rings (SSSR count). The van der Waals surface area contributed by atoms with Crippen LogP contribution in [0.4, 0.5) is 11.6 Å². The van der Waals surface area contributed by atoms with Gasteiger partial charge in [0.2, 0.25) is 5.95 Å². The summed E-state index contributed by atoms with van der Waals surface area (Å²) < 4.78 is 1.90. The number of anilines is 2. The van der Waals surface area contributed by atoms with Crippen LogP contribution in [0.15, 0.2) is 18.3 Å². The molecule has 0 unspecified atom stereocenters. The lowest BCUT2D eigenvalue weighted by Gasteiger charge is -2.16. The topological polar surface area (TPSA) is 55.1 Å². The average molecular weight is 361 g/mol. The van der Waals surface area contributed by atoms with Gasteiger partial charge >= 0.3 is 0 Å². The molecule has 3 aromatic rings. The molecule has 2 aliphatic rings. The van der Waals surface area contributed by atoms with Crippen LogP contribution in [0.2, 0.25) is 0 Å². The number of nitrogens with one attached hydrogen (secondary N) is 1. The standard InChI is InChI=1S/C22H27N5/c1-12-9-13(2)20(14(3)10-12)26-22-25-15(4)24-21-18(11-23-27(21)22)19(16-5-6-16)17-7-8-17/h9-11,16-17,19H,5-8H2,1-4H3,(H,24,25,26). The van der Waals surface area contributed by atoms with E-state index >= 15 is 0 Å². The largest absolute Gasteiger partial charge is 0.324 e. The van der Waals surface area contributed by atoms with Gasteiger partial charge in [-0.15, -0.1) is 0 Å². The van der Waals surface area contributed by atoms with Crippen molar-refractivity contribution in [1.29, 1.82) is 0 Å². The van der Waals surface area contributed by atoms with Crippen LogP contribution in [-0.2, 0) is 0 Å². The van der Waals surface area contributed by atoms with Gasteiger partial charge in [0.05, 0.1) is 6.20 Å². The van der Waals surface area contributed by atoms with Crippen molar-refractivity contribution in [3.05, 3.63) is 46.4 Å². The third-order valence-corrected chi connectivity index (χ3v) is 6.04. The monoisotopic (exact) mass is 361 g/mol. The minimum absolute atomic E-state index is 0.632. The Kier molecular flexibility index (Phi) is 3.74. The molecule has 2 aliphatic carbocycles. The smallest absolute Gasteiger partial charge is 0.232 e. The Bertz CT molecular complexity index is 992. The minimum atomic E-state index is 0.632. The Morgan fingerprint density at radius 3 is 2.19 bits per heavy atom. The van der Waals surface area contributed by atoms with Crippen molar-refractivity contribution in [1.82, 2.24) is 19.6 Å². The second-order valence-electron chi connectivity index (χ2n) is 8.53. The number of hydrogen-bond acceptors (Lipinski definition) is 4. The zero-order chi connectivity index (χ0) is 18.7. The van der Waals surface area contributed by atoms with Crippen LogP contribution >= 0.6 is 0 Å². The van der Waals surface area contributed by atoms with Crippen LogP contribution in [-0.4, -0.2) is 19.6 Å². The van der Waals surface area contributed by atoms with Crippen LogP contribution in [0.3, 0.4) is 0 Å². The highest BCUT2D eigenvalue weighted by Gasteiger charge is 2.43. The molecule has 0 radical (unpaired) electrons. The summed E-state index contributed by atoms with van der Waals surface area (Å²) in [6, 6.07) is 4.40. The van der Waals surface area contributed by atoms with E-state index in [-0.39, 0.29) is 0 Å². The number of aromatic nitrogens is 4. The molecule has 2 fully saturated rings. The fourth-order valence-electron chi connectivity index (χ4n) is 4.61. The molecule has 2 heterocycles. The van der Waals surface area contributed by atoms with Crippen molar-refractivity contribution in [2.24, 2.45) is 11.8 Å². The van der Waals surface area contributed by atoms with E-state index < -0.39 is 0 Å². The fraction of sp³-hybridized carbons (Fsp3) is 0.500. The summed E-state index contributed by atoms with van der Waals surface area (Å²) in [6.45, 7) is 8.38. The molecule has 5 nitrogen and oxygen atoms in total. The Hall–Kier alpha value is -2.43. The lowest BCUT2D eigenvalue weighted by molar-refractivity contribution is 0.540. The van der Waals surface area contributed by atoms with Crippen molar-refractivity contribution < 1.29 is 0 Å². The molecule has 0 spiro atoms. The van der Waals surface area contributed by atoms with E-state index in [0.29, 0.717) is 5.92 Å². The summed E-state index contributed by atoms with van der Waals surface area (Å²) in [6.07, 6.45) is 7.47. The van der Waals surface area contributed by atoms with E-state index in [9.17, 15) is 0 Å². The number of aryl methyl sites for hydroxylation is 4. The summed E-state index contributed by atoms with van der Waals surface area (Å²) in [5.41, 5.74) is 7.13. The maximum Gasteiger partial charge on any atom is 0.232 e. The minimum Gasteiger partial charge on any atom is -0.324 e. The average Bonchev–Trinajstić information content (AvgIpc) is 3.51. The van der Waals surface area contributed by atoms with Gasteiger partial charge in [-0.1, -0.05) is 17.7 Å². The number of hydrogen-bond donors (Lipinski definition) is 1. The lowest BCUT2D eigenvalue weighted by Crippen LogP contribution is -2.09. The van der Waals surface area contributed by atoms with Gasteiger partial charge in [0.15, 0.2) is 5.65 Å². The molecular formula is C22H27N5. The molecule has 1 N–H and O–H groups in total. The second kappa shape index (κ2) is 6.04. The second-order valence-corrected chi connectivity index (χ2v) is 8.53. The highest BCUT2D eigenvalue weighted by molar-refractivity contribution is 5.65. The van der Waals surface area contributed by atoms with Crippen molar-refractivity contribution in [3.63, 3.8) is 0 Å². The SMILES string of the molecule is Cc1cc(C)c(Nc2nc(C)nc3c(C(C4CC4)C4CC4)cnn23)c(C)c1. The van der Waals surface area contributed by atoms with Gasteiger partial charge in [0.25, 0.3) is 0 Å². The zero-order valence-electron chi connectivity index (χ0n) is 16.6. The molecule has 27 heavy (non-hydrogen) atoms. The molecule has 2 saturated carbocycles. The molecule has 0 amide bonds. The van der Waals surface area contributed by atoms with Crippen molar-refractivity contribution in [2.75, 3.05) is 5.32 Å². The lowest BCUT2D eigenvalue weighted by atomic mass is 9.91. The van der Waals surface area contributed by atoms with Crippen molar-refractivity contribution in [2.45, 2.75) is 59.3 Å². The van der Waals surface area contributed by atoms with Gasteiger partial charge in [-0.3, -0.25) is 0 Å².